The smallest absolute Gasteiger partial charge is 0.231 e. The molecule has 2 aliphatic rings. The summed E-state index contributed by atoms with van der Waals surface area (Å²) in [6.45, 7) is 3.20. The third kappa shape index (κ3) is 2.89. The third-order valence-electron chi connectivity index (χ3n) is 5.29. The maximum atomic E-state index is 10.3. The zero-order chi connectivity index (χ0) is 17.5. The summed E-state index contributed by atoms with van der Waals surface area (Å²) in [5.74, 6) is 2.15. The lowest BCUT2D eigenvalue weighted by molar-refractivity contribution is -0.920. The number of fused-ring (bicyclic) bond motifs is 2. The summed E-state index contributed by atoms with van der Waals surface area (Å²) in [5.41, 5.74) is 2.03. The van der Waals surface area contributed by atoms with Crippen LogP contribution in [0.3, 0.4) is 0 Å². The second-order valence-electron chi connectivity index (χ2n) is 7.07. The average molecular weight is 369 g/mol. The molecule has 2 N–H and O–H groups in total. The second kappa shape index (κ2) is 6.45. The molecule has 2 aliphatic heterocycles. The van der Waals surface area contributed by atoms with Crippen LogP contribution in [0.15, 0.2) is 36.4 Å². The summed E-state index contributed by atoms with van der Waals surface area (Å²) in [4.78, 5) is 6.34. The Morgan fingerprint density at radius 2 is 2.04 bits per heavy atom. The van der Waals surface area contributed by atoms with Crippen molar-refractivity contribution in [3.8, 4) is 17.2 Å². The Morgan fingerprint density at radius 3 is 2.92 bits per heavy atom. The first-order valence-corrected chi connectivity index (χ1v) is 9.88. The van der Waals surface area contributed by atoms with E-state index in [9.17, 15) is 5.11 Å². The number of aromatic nitrogens is 1. The Labute approximate surface area is 155 Å². The predicted molar refractivity (Wildman–Crippen MR) is 100 cm³/mol. The van der Waals surface area contributed by atoms with Gasteiger partial charge in [0.2, 0.25) is 6.79 Å². The van der Waals surface area contributed by atoms with Gasteiger partial charge in [0.25, 0.3) is 0 Å². The first kappa shape index (κ1) is 15.9. The lowest BCUT2D eigenvalue weighted by atomic mass is 9.98. The zero-order valence-electron chi connectivity index (χ0n) is 14.4. The van der Waals surface area contributed by atoms with Crippen molar-refractivity contribution in [3.63, 3.8) is 0 Å². The summed E-state index contributed by atoms with van der Waals surface area (Å²) < 4.78 is 12.1. The van der Waals surface area contributed by atoms with Crippen molar-refractivity contribution in [2.24, 2.45) is 0 Å². The number of piperidine rings is 1. The summed E-state index contributed by atoms with van der Waals surface area (Å²) in [6.07, 6.45) is 2.37. The minimum Gasteiger partial charge on any atom is -0.507 e. The van der Waals surface area contributed by atoms with Crippen LogP contribution in [0.1, 0.15) is 29.3 Å². The van der Waals surface area contributed by atoms with Crippen molar-refractivity contribution < 1.29 is 19.5 Å². The highest BCUT2D eigenvalue weighted by atomic mass is 32.1. The van der Waals surface area contributed by atoms with Crippen molar-refractivity contribution in [2.75, 3.05) is 19.9 Å². The lowest BCUT2D eigenvalue weighted by Gasteiger charge is -2.29. The zero-order valence-corrected chi connectivity index (χ0v) is 15.2. The third-order valence-corrected chi connectivity index (χ3v) is 6.49. The SMILES string of the molecule is Oc1cc2c(cc1C[NH+]1CCC[C@@H](c3nc4ccccc4s3)C1)OCO2. The van der Waals surface area contributed by atoms with E-state index in [0.717, 1.165) is 36.5 Å². The molecule has 0 saturated carbocycles. The van der Waals surface area contributed by atoms with Gasteiger partial charge in [-0.1, -0.05) is 12.1 Å². The number of rotatable bonds is 3. The molecule has 0 aliphatic carbocycles. The first-order valence-electron chi connectivity index (χ1n) is 9.07. The summed E-state index contributed by atoms with van der Waals surface area (Å²) >= 11 is 1.82. The topological polar surface area (TPSA) is 56.0 Å². The van der Waals surface area contributed by atoms with Gasteiger partial charge in [0, 0.05) is 6.07 Å². The fourth-order valence-corrected chi connectivity index (χ4v) is 5.07. The Bertz CT molecular complexity index is 922. The van der Waals surface area contributed by atoms with Crippen molar-refractivity contribution in [2.45, 2.75) is 25.3 Å². The van der Waals surface area contributed by atoms with E-state index < -0.39 is 0 Å². The van der Waals surface area contributed by atoms with Gasteiger partial charge in [0.05, 0.1) is 34.8 Å². The molecule has 134 valence electrons. The van der Waals surface area contributed by atoms with Crippen LogP contribution in [0.2, 0.25) is 0 Å². The Balaban J connectivity index is 1.34. The van der Waals surface area contributed by atoms with Gasteiger partial charge in [-0.05, 0) is 31.0 Å². The molecule has 2 aromatic carbocycles. The van der Waals surface area contributed by atoms with Gasteiger partial charge in [-0.15, -0.1) is 11.3 Å². The maximum absolute atomic E-state index is 10.3. The Hall–Kier alpha value is -2.31. The highest BCUT2D eigenvalue weighted by Gasteiger charge is 2.28. The van der Waals surface area contributed by atoms with Gasteiger partial charge >= 0.3 is 0 Å². The molecule has 2 atom stereocenters. The van der Waals surface area contributed by atoms with Crippen LogP contribution in [0.4, 0.5) is 0 Å². The molecule has 3 aromatic rings. The summed E-state index contributed by atoms with van der Waals surface area (Å²) in [5, 5.41) is 11.6. The fourth-order valence-electron chi connectivity index (χ4n) is 3.97. The highest BCUT2D eigenvalue weighted by molar-refractivity contribution is 7.18. The van der Waals surface area contributed by atoms with Crippen LogP contribution in [0, 0.1) is 0 Å². The number of aromatic hydroxyl groups is 1. The monoisotopic (exact) mass is 369 g/mol. The standard InChI is InChI=1S/C20H20N2O3S/c23-16-9-18-17(24-12-25-18)8-14(16)11-22-7-3-4-13(10-22)20-21-15-5-1-2-6-19(15)26-20/h1-2,5-6,8-9,13,23H,3-4,7,10-12H2/p+1/t13-/m1/s1. The van der Waals surface area contributed by atoms with Crippen molar-refractivity contribution in [1.29, 1.82) is 0 Å². The number of benzene rings is 2. The molecule has 26 heavy (non-hydrogen) atoms. The van der Waals surface area contributed by atoms with E-state index in [1.807, 2.05) is 23.5 Å². The van der Waals surface area contributed by atoms with Crippen LogP contribution in [-0.2, 0) is 6.54 Å². The molecule has 1 unspecified atom stereocenters. The average Bonchev–Trinajstić information content (AvgIpc) is 3.28. The summed E-state index contributed by atoms with van der Waals surface area (Å²) in [7, 11) is 0. The van der Waals surface area contributed by atoms with Crippen molar-refractivity contribution >= 4 is 21.6 Å². The highest BCUT2D eigenvalue weighted by Crippen LogP contribution is 2.37. The molecule has 1 saturated heterocycles. The lowest BCUT2D eigenvalue weighted by Crippen LogP contribution is -3.12. The van der Waals surface area contributed by atoms with Crippen LogP contribution < -0.4 is 14.4 Å². The van der Waals surface area contributed by atoms with E-state index in [1.54, 1.807) is 6.07 Å². The normalized spacial score (nSPS) is 22.0. The number of ether oxygens (including phenoxy) is 2. The van der Waals surface area contributed by atoms with E-state index in [-0.39, 0.29) is 6.79 Å². The number of phenols is 1. The quantitative estimate of drug-likeness (QED) is 0.745. The second-order valence-corrected chi connectivity index (χ2v) is 8.14. The molecular weight excluding hydrogens is 348 g/mol. The van der Waals surface area contributed by atoms with Crippen molar-refractivity contribution in [3.05, 3.63) is 47.0 Å². The van der Waals surface area contributed by atoms with Gasteiger partial charge in [-0.3, -0.25) is 0 Å². The number of nitrogens with one attached hydrogen (secondary N) is 1. The molecular formula is C20H21N2O3S+. The maximum Gasteiger partial charge on any atom is 0.231 e. The molecule has 5 nitrogen and oxygen atoms in total. The van der Waals surface area contributed by atoms with Gasteiger partial charge in [0.1, 0.15) is 17.3 Å². The van der Waals surface area contributed by atoms with Gasteiger partial charge in [-0.2, -0.15) is 0 Å². The number of thiazole rings is 1. The number of quaternary nitrogens is 1. The largest absolute Gasteiger partial charge is 0.507 e. The molecule has 1 fully saturated rings. The molecule has 5 rings (SSSR count). The number of hydrogen-bond donors (Lipinski definition) is 2. The van der Waals surface area contributed by atoms with Crippen LogP contribution in [-0.4, -0.2) is 30.0 Å². The number of nitrogens with zero attached hydrogens (tertiary/aromatic N) is 1. The van der Waals surface area contributed by atoms with E-state index in [2.05, 4.69) is 18.2 Å². The molecule has 0 amide bonds. The van der Waals surface area contributed by atoms with Crippen molar-refractivity contribution in [1.82, 2.24) is 4.98 Å². The van der Waals surface area contributed by atoms with E-state index in [1.165, 1.54) is 27.4 Å². The number of para-hydroxylation sites is 1. The van der Waals surface area contributed by atoms with Gasteiger partial charge < -0.3 is 19.5 Å². The first-order chi connectivity index (χ1) is 12.8. The molecule has 0 bridgehead atoms. The van der Waals surface area contributed by atoms with Crippen LogP contribution in [0.5, 0.6) is 17.2 Å². The summed E-state index contributed by atoms with van der Waals surface area (Å²) in [6, 6.07) is 12.0. The predicted octanol–water partition coefficient (Wildman–Crippen LogP) is 2.69. The number of likely N-dealkylation sites (tertiary alicyclic amines) is 1. The van der Waals surface area contributed by atoms with E-state index in [0.29, 0.717) is 17.4 Å². The fraction of sp³-hybridized carbons (Fsp3) is 0.350. The molecule has 1 aromatic heterocycles. The number of hydrogen-bond acceptors (Lipinski definition) is 5. The number of phenolic OH excluding ortho intramolecular Hbond substituents is 1. The minimum absolute atomic E-state index is 0.231. The van der Waals surface area contributed by atoms with Crippen LogP contribution in [0.25, 0.3) is 10.2 Å². The molecule has 0 spiro atoms. The van der Waals surface area contributed by atoms with E-state index in [4.69, 9.17) is 14.5 Å². The molecule has 0 radical (unpaired) electrons. The van der Waals surface area contributed by atoms with Crippen LogP contribution >= 0.6 is 11.3 Å². The van der Waals surface area contributed by atoms with E-state index >= 15 is 0 Å². The molecule has 6 heteroatoms. The Kier molecular flexibility index (Phi) is 3.94. The Morgan fingerprint density at radius 1 is 1.19 bits per heavy atom. The minimum atomic E-state index is 0.231. The van der Waals surface area contributed by atoms with Gasteiger partial charge in [-0.25, -0.2) is 4.98 Å². The molecule has 3 heterocycles. The van der Waals surface area contributed by atoms with Gasteiger partial charge in [0.15, 0.2) is 11.5 Å².